The molecule has 0 radical (unpaired) electrons. The molecule has 0 aromatic heterocycles. The minimum Gasteiger partial charge on any atom is -0.454 e. The fraction of sp³-hybridized carbons (Fsp3) is 0.450. The third kappa shape index (κ3) is 5.44. The van der Waals surface area contributed by atoms with E-state index in [0.717, 1.165) is 30.2 Å². The van der Waals surface area contributed by atoms with Crippen LogP contribution >= 0.6 is 0 Å². The van der Waals surface area contributed by atoms with Crippen LogP contribution in [-0.4, -0.2) is 30.7 Å². The Balaban J connectivity index is 1.94. The van der Waals surface area contributed by atoms with E-state index in [1.165, 1.54) is 0 Å². The quantitative estimate of drug-likeness (QED) is 0.558. The Bertz CT molecular complexity index is 607. The SMILES string of the molecule is CC(C)CN(CC(C)C)C(=O)/C=C/C=C/c1ccc2c(c1)OCO2. The van der Waals surface area contributed by atoms with Crippen molar-refractivity contribution in [2.24, 2.45) is 11.8 Å². The number of benzene rings is 1. The van der Waals surface area contributed by atoms with Gasteiger partial charge in [0.15, 0.2) is 11.5 Å². The van der Waals surface area contributed by atoms with Crippen LogP contribution in [0.25, 0.3) is 6.08 Å². The summed E-state index contributed by atoms with van der Waals surface area (Å²) < 4.78 is 10.6. The van der Waals surface area contributed by atoms with Crippen molar-refractivity contribution in [2.75, 3.05) is 19.9 Å². The predicted molar refractivity (Wildman–Crippen MR) is 97.0 cm³/mol. The molecule has 0 unspecified atom stereocenters. The zero-order valence-corrected chi connectivity index (χ0v) is 15.0. The number of carbonyl (C=O) groups is 1. The molecule has 0 spiro atoms. The molecule has 130 valence electrons. The van der Waals surface area contributed by atoms with Crippen molar-refractivity contribution < 1.29 is 14.3 Å². The number of hydrogen-bond acceptors (Lipinski definition) is 3. The highest BCUT2D eigenvalue weighted by Crippen LogP contribution is 2.32. The van der Waals surface area contributed by atoms with Crippen molar-refractivity contribution in [2.45, 2.75) is 27.7 Å². The average molecular weight is 329 g/mol. The predicted octanol–water partition coefficient (Wildman–Crippen LogP) is 4.13. The number of rotatable bonds is 7. The van der Waals surface area contributed by atoms with Gasteiger partial charge in [0.25, 0.3) is 0 Å². The van der Waals surface area contributed by atoms with Crippen LogP contribution in [0.5, 0.6) is 11.5 Å². The summed E-state index contributed by atoms with van der Waals surface area (Å²) in [6.45, 7) is 10.4. The average Bonchev–Trinajstić information content (AvgIpc) is 2.97. The summed E-state index contributed by atoms with van der Waals surface area (Å²) in [7, 11) is 0. The second-order valence-corrected chi connectivity index (χ2v) is 6.86. The van der Waals surface area contributed by atoms with Gasteiger partial charge in [0, 0.05) is 19.2 Å². The Morgan fingerprint density at radius 3 is 2.42 bits per heavy atom. The molecule has 24 heavy (non-hydrogen) atoms. The topological polar surface area (TPSA) is 38.8 Å². The summed E-state index contributed by atoms with van der Waals surface area (Å²) in [6.07, 6.45) is 7.24. The molecular formula is C20H27NO3. The summed E-state index contributed by atoms with van der Waals surface area (Å²) in [5, 5.41) is 0. The molecule has 1 aromatic rings. The van der Waals surface area contributed by atoms with Crippen LogP contribution in [0.3, 0.4) is 0 Å². The van der Waals surface area contributed by atoms with Gasteiger partial charge in [-0.25, -0.2) is 0 Å². The molecule has 0 fully saturated rings. The number of carbonyl (C=O) groups excluding carboxylic acids is 1. The molecule has 1 heterocycles. The number of ether oxygens (including phenoxy) is 2. The first-order chi connectivity index (χ1) is 11.5. The van der Waals surface area contributed by atoms with Crippen molar-refractivity contribution in [3.63, 3.8) is 0 Å². The van der Waals surface area contributed by atoms with Gasteiger partial charge >= 0.3 is 0 Å². The largest absolute Gasteiger partial charge is 0.454 e. The van der Waals surface area contributed by atoms with Crippen LogP contribution in [0, 0.1) is 11.8 Å². The molecule has 0 atom stereocenters. The molecule has 0 N–H and O–H groups in total. The molecule has 1 aromatic carbocycles. The van der Waals surface area contributed by atoms with Crippen molar-refractivity contribution in [3.8, 4) is 11.5 Å². The van der Waals surface area contributed by atoms with Gasteiger partial charge in [0.2, 0.25) is 12.7 Å². The highest BCUT2D eigenvalue weighted by atomic mass is 16.7. The van der Waals surface area contributed by atoms with E-state index in [-0.39, 0.29) is 12.7 Å². The lowest BCUT2D eigenvalue weighted by Crippen LogP contribution is -2.35. The van der Waals surface area contributed by atoms with E-state index in [9.17, 15) is 4.79 Å². The van der Waals surface area contributed by atoms with Gasteiger partial charge in [0.1, 0.15) is 0 Å². The van der Waals surface area contributed by atoms with Crippen molar-refractivity contribution in [1.82, 2.24) is 4.90 Å². The lowest BCUT2D eigenvalue weighted by Gasteiger charge is -2.25. The second kappa shape index (κ2) is 8.57. The van der Waals surface area contributed by atoms with Crippen LogP contribution in [0.4, 0.5) is 0 Å². The van der Waals surface area contributed by atoms with Crippen LogP contribution in [0.1, 0.15) is 33.3 Å². The van der Waals surface area contributed by atoms with Gasteiger partial charge in [-0.3, -0.25) is 4.79 Å². The van der Waals surface area contributed by atoms with Crippen LogP contribution in [0.15, 0.2) is 36.4 Å². The van der Waals surface area contributed by atoms with Crippen molar-refractivity contribution in [1.29, 1.82) is 0 Å². The van der Waals surface area contributed by atoms with E-state index < -0.39 is 0 Å². The standard InChI is InChI=1S/C20H27NO3/c1-15(2)12-21(13-16(3)4)20(22)8-6-5-7-17-9-10-18-19(11-17)24-14-23-18/h5-11,15-16H,12-14H2,1-4H3/b7-5+,8-6+. The molecule has 0 aliphatic carbocycles. The maximum absolute atomic E-state index is 12.3. The van der Waals surface area contributed by atoms with E-state index >= 15 is 0 Å². The first-order valence-corrected chi connectivity index (χ1v) is 8.49. The third-order valence-corrected chi connectivity index (χ3v) is 3.52. The van der Waals surface area contributed by atoms with Gasteiger partial charge in [-0.05, 0) is 29.5 Å². The number of hydrogen-bond donors (Lipinski definition) is 0. The Morgan fingerprint density at radius 1 is 1.08 bits per heavy atom. The summed E-state index contributed by atoms with van der Waals surface area (Å²) in [6, 6.07) is 5.78. The zero-order valence-electron chi connectivity index (χ0n) is 15.0. The zero-order chi connectivity index (χ0) is 17.5. The number of fused-ring (bicyclic) bond motifs is 1. The minimum absolute atomic E-state index is 0.0627. The molecule has 2 rings (SSSR count). The maximum Gasteiger partial charge on any atom is 0.246 e. The van der Waals surface area contributed by atoms with Gasteiger partial charge in [-0.1, -0.05) is 52.0 Å². The molecule has 4 heteroatoms. The van der Waals surface area contributed by atoms with Crippen LogP contribution in [-0.2, 0) is 4.79 Å². The summed E-state index contributed by atoms with van der Waals surface area (Å²) >= 11 is 0. The molecule has 0 saturated carbocycles. The van der Waals surface area contributed by atoms with Gasteiger partial charge in [-0.2, -0.15) is 0 Å². The molecule has 1 aliphatic rings. The minimum atomic E-state index is 0.0627. The Labute approximate surface area is 144 Å². The summed E-state index contributed by atoms with van der Waals surface area (Å²) in [5.41, 5.74) is 1.01. The number of amides is 1. The Morgan fingerprint density at radius 2 is 1.75 bits per heavy atom. The van der Waals surface area contributed by atoms with E-state index in [1.54, 1.807) is 12.2 Å². The lowest BCUT2D eigenvalue weighted by molar-refractivity contribution is -0.127. The molecule has 0 saturated heterocycles. The van der Waals surface area contributed by atoms with Crippen molar-refractivity contribution in [3.05, 3.63) is 42.0 Å². The molecule has 1 aliphatic heterocycles. The Kier molecular flexibility index (Phi) is 6.47. The van der Waals surface area contributed by atoms with E-state index in [4.69, 9.17) is 9.47 Å². The fourth-order valence-electron chi connectivity index (χ4n) is 2.56. The highest BCUT2D eigenvalue weighted by Gasteiger charge is 2.14. The monoisotopic (exact) mass is 329 g/mol. The van der Waals surface area contributed by atoms with Crippen molar-refractivity contribution >= 4 is 12.0 Å². The molecule has 4 nitrogen and oxygen atoms in total. The second-order valence-electron chi connectivity index (χ2n) is 6.86. The molecular weight excluding hydrogens is 302 g/mol. The molecule has 1 amide bonds. The van der Waals surface area contributed by atoms with Crippen LogP contribution in [0.2, 0.25) is 0 Å². The van der Waals surface area contributed by atoms with Crippen LogP contribution < -0.4 is 9.47 Å². The van der Waals surface area contributed by atoms with Gasteiger partial charge in [-0.15, -0.1) is 0 Å². The number of allylic oxidation sites excluding steroid dienone is 2. The normalized spacial score (nSPS) is 13.6. The van der Waals surface area contributed by atoms with Gasteiger partial charge in [0.05, 0.1) is 0 Å². The first kappa shape index (κ1) is 18.1. The molecule has 0 bridgehead atoms. The maximum atomic E-state index is 12.3. The Hall–Kier alpha value is -2.23. The van der Waals surface area contributed by atoms with Gasteiger partial charge < -0.3 is 14.4 Å². The fourth-order valence-corrected chi connectivity index (χ4v) is 2.56. The summed E-state index contributed by atoms with van der Waals surface area (Å²) in [4.78, 5) is 14.3. The lowest BCUT2D eigenvalue weighted by atomic mass is 10.1. The van der Waals surface area contributed by atoms with E-state index in [0.29, 0.717) is 11.8 Å². The van der Waals surface area contributed by atoms with E-state index in [2.05, 4.69) is 27.7 Å². The third-order valence-electron chi connectivity index (χ3n) is 3.52. The summed E-state index contributed by atoms with van der Waals surface area (Å²) in [5.74, 6) is 2.52. The first-order valence-electron chi connectivity index (χ1n) is 8.49. The van der Waals surface area contributed by atoms with E-state index in [1.807, 2.05) is 35.3 Å². The highest BCUT2D eigenvalue weighted by molar-refractivity contribution is 5.88. The number of nitrogens with zero attached hydrogens (tertiary/aromatic N) is 1. The smallest absolute Gasteiger partial charge is 0.246 e.